The number of halogens is 1. The van der Waals surface area contributed by atoms with Crippen LogP contribution in [0.5, 0.6) is 5.75 Å². The molecule has 9 heteroatoms. The molecule has 0 radical (unpaired) electrons. The summed E-state index contributed by atoms with van der Waals surface area (Å²) in [7, 11) is -3.27. The Hall–Kier alpha value is -2.91. The molecule has 0 amide bonds. The molecule has 2 atom stereocenters. The van der Waals surface area contributed by atoms with Crippen LogP contribution in [-0.4, -0.2) is 50.6 Å². The molecule has 1 N–H and O–H groups in total. The van der Waals surface area contributed by atoms with Crippen molar-refractivity contribution in [3.8, 4) is 5.75 Å². The van der Waals surface area contributed by atoms with E-state index in [0.717, 1.165) is 41.9 Å². The molecule has 32 heavy (non-hydrogen) atoms. The minimum absolute atomic E-state index is 0.0181. The number of ether oxygens (including phenoxy) is 1. The van der Waals surface area contributed by atoms with Crippen molar-refractivity contribution >= 4 is 34.3 Å². The monoisotopic (exact) mass is 458 g/mol. The number of anilines is 2. The van der Waals surface area contributed by atoms with Gasteiger partial charge in [-0.05, 0) is 61.7 Å². The number of hydrogen-bond donors (Lipinski definition) is 2. The van der Waals surface area contributed by atoms with Gasteiger partial charge < -0.3 is 9.84 Å². The fourth-order valence-electron chi connectivity index (χ4n) is 4.47. The van der Waals surface area contributed by atoms with Crippen molar-refractivity contribution in [2.24, 2.45) is 5.92 Å². The molecule has 2 unspecified atom stereocenters. The number of carbonyl (C=O) groups is 1. The molecule has 2 aromatic rings. The van der Waals surface area contributed by atoms with Crippen molar-refractivity contribution in [1.29, 1.82) is 0 Å². The van der Waals surface area contributed by atoms with E-state index in [4.69, 9.17) is 4.74 Å². The van der Waals surface area contributed by atoms with Gasteiger partial charge in [-0.25, -0.2) is 21.9 Å². The number of benzene rings is 2. The van der Waals surface area contributed by atoms with Crippen LogP contribution in [0.3, 0.4) is 0 Å². The second-order valence-corrected chi connectivity index (χ2v) is 9.28. The van der Waals surface area contributed by atoms with Gasteiger partial charge in [0.25, 0.3) is 0 Å². The summed E-state index contributed by atoms with van der Waals surface area (Å²) < 4.78 is 45.5. The number of carboxylic acids is 1. The molecule has 2 aromatic carbocycles. The Labute approximate surface area is 186 Å². The SMILES string of the molecule is O=C(O)c1c(N(c2ccc(F)cc2C=CCN2CCC2)[SH](=O)=O)ccc2c1OCC1CC21. The average molecular weight is 459 g/mol. The fourth-order valence-corrected chi connectivity index (χ4v) is 5.17. The number of hydrogen-bond acceptors (Lipinski definition) is 5. The summed E-state index contributed by atoms with van der Waals surface area (Å²) in [6, 6.07) is 7.02. The minimum Gasteiger partial charge on any atom is -0.492 e. The van der Waals surface area contributed by atoms with Crippen LogP contribution in [0.15, 0.2) is 36.4 Å². The summed E-state index contributed by atoms with van der Waals surface area (Å²) in [4.78, 5) is 14.4. The quantitative estimate of drug-likeness (QED) is 0.619. The topological polar surface area (TPSA) is 87.2 Å². The number of nitrogens with zero attached hydrogens (tertiary/aromatic N) is 2. The van der Waals surface area contributed by atoms with E-state index in [2.05, 4.69) is 4.90 Å². The van der Waals surface area contributed by atoms with Gasteiger partial charge in [0, 0.05) is 18.0 Å². The highest BCUT2D eigenvalue weighted by molar-refractivity contribution is 7.74. The highest BCUT2D eigenvalue weighted by Crippen LogP contribution is 2.55. The summed E-state index contributed by atoms with van der Waals surface area (Å²) >= 11 is 0. The van der Waals surface area contributed by atoms with Crippen LogP contribution in [0.25, 0.3) is 6.08 Å². The van der Waals surface area contributed by atoms with Crippen molar-refractivity contribution in [2.45, 2.75) is 18.8 Å². The van der Waals surface area contributed by atoms with Crippen LogP contribution in [0.2, 0.25) is 0 Å². The van der Waals surface area contributed by atoms with E-state index in [1.165, 1.54) is 18.2 Å². The largest absolute Gasteiger partial charge is 0.492 e. The molecule has 1 aliphatic carbocycles. The zero-order valence-electron chi connectivity index (χ0n) is 17.2. The molecule has 1 saturated heterocycles. The third-order valence-electron chi connectivity index (χ3n) is 6.36. The fraction of sp³-hybridized carbons (Fsp3) is 0.348. The highest BCUT2D eigenvalue weighted by atomic mass is 32.2. The van der Waals surface area contributed by atoms with Gasteiger partial charge in [0.2, 0.25) is 10.9 Å². The zero-order valence-corrected chi connectivity index (χ0v) is 18.1. The smallest absolute Gasteiger partial charge is 0.341 e. The summed E-state index contributed by atoms with van der Waals surface area (Å²) in [6.07, 6.45) is 5.61. The Morgan fingerprint density at radius 2 is 2.03 bits per heavy atom. The van der Waals surface area contributed by atoms with E-state index in [1.54, 1.807) is 12.1 Å². The first-order valence-corrected chi connectivity index (χ1v) is 11.7. The van der Waals surface area contributed by atoms with Gasteiger partial charge in [-0.1, -0.05) is 18.2 Å². The summed E-state index contributed by atoms with van der Waals surface area (Å²) in [5, 5.41) is 9.97. The molecule has 168 valence electrons. The molecule has 7 nitrogen and oxygen atoms in total. The van der Waals surface area contributed by atoms with Gasteiger partial charge in [0.1, 0.15) is 17.1 Å². The number of likely N-dealkylation sites (tertiary alicyclic amines) is 1. The number of rotatable bonds is 7. The van der Waals surface area contributed by atoms with Gasteiger partial charge >= 0.3 is 5.97 Å². The van der Waals surface area contributed by atoms with E-state index in [0.29, 0.717) is 24.6 Å². The molecule has 1 saturated carbocycles. The summed E-state index contributed by atoms with van der Waals surface area (Å²) in [5.41, 5.74) is 1.13. The molecule has 3 aliphatic rings. The van der Waals surface area contributed by atoms with Crippen molar-refractivity contribution in [2.75, 3.05) is 30.5 Å². The van der Waals surface area contributed by atoms with Crippen LogP contribution in [0, 0.1) is 11.7 Å². The van der Waals surface area contributed by atoms with E-state index in [9.17, 15) is 22.7 Å². The van der Waals surface area contributed by atoms with Gasteiger partial charge in [-0.2, -0.15) is 0 Å². The third-order valence-corrected chi connectivity index (χ3v) is 7.12. The highest BCUT2D eigenvalue weighted by Gasteiger charge is 2.45. The first-order chi connectivity index (χ1) is 15.4. The van der Waals surface area contributed by atoms with Gasteiger partial charge in [0.15, 0.2) is 0 Å². The Morgan fingerprint density at radius 3 is 2.72 bits per heavy atom. The second kappa shape index (κ2) is 8.22. The van der Waals surface area contributed by atoms with Crippen LogP contribution in [-0.2, 0) is 10.9 Å². The minimum atomic E-state index is -3.27. The summed E-state index contributed by atoms with van der Waals surface area (Å²) in [6.45, 7) is 3.09. The lowest BCUT2D eigenvalue weighted by Crippen LogP contribution is -2.36. The van der Waals surface area contributed by atoms with Gasteiger partial charge in [-0.15, -0.1) is 0 Å². The zero-order chi connectivity index (χ0) is 22.4. The molecule has 2 aliphatic heterocycles. The first kappa shape index (κ1) is 21.0. The molecule has 0 aromatic heterocycles. The molecular weight excluding hydrogens is 435 g/mol. The van der Waals surface area contributed by atoms with E-state index >= 15 is 0 Å². The maximum absolute atomic E-state index is 14.0. The van der Waals surface area contributed by atoms with E-state index in [1.807, 2.05) is 6.08 Å². The van der Waals surface area contributed by atoms with E-state index < -0.39 is 22.7 Å². The van der Waals surface area contributed by atoms with Crippen LogP contribution < -0.4 is 9.04 Å². The Morgan fingerprint density at radius 1 is 1.25 bits per heavy atom. The predicted molar refractivity (Wildman–Crippen MR) is 119 cm³/mol. The maximum atomic E-state index is 14.0. The lowest BCUT2D eigenvalue weighted by atomic mass is 9.99. The standard InChI is InChI=1S/C23H23FN2O5S/c24-16-4-6-19(14(11-16)3-1-8-25-9-2-10-25)26(32(29)30)20-7-5-17-18-12-15(18)13-31-22(17)21(20)23(27)28/h1,3-7,11,15,18,32H,2,8-10,12-13H2,(H,27,28). The van der Waals surface area contributed by atoms with Gasteiger partial charge in [-0.3, -0.25) is 4.90 Å². The number of thiol groups is 1. The van der Waals surface area contributed by atoms with Crippen molar-refractivity contribution in [3.63, 3.8) is 0 Å². The number of aromatic carboxylic acids is 1. The molecular formula is C23H23FN2O5S. The molecule has 5 rings (SSSR count). The molecule has 2 heterocycles. The van der Waals surface area contributed by atoms with Crippen molar-refractivity contribution in [1.82, 2.24) is 4.90 Å². The number of fused-ring (bicyclic) bond motifs is 3. The van der Waals surface area contributed by atoms with Crippen LogP contribution in [0.4, 0.5) is 15.8 Å². The Kier molecular flexibility index (Phi) is 5.38. The van der Waals surface area contributed by atoms with Crippen molar-refractivity contribution < 1.29 is 27.4 Å². The Balaban J connectivity index is 1.60. The lowest BCUT2D eigenvalue weighted by molar-refractivity contribution is 0.0692. The number of carboxylic acid groups (broad SMARTS) is 1. The lowest BCUT2D eigenvalue weighted by Gasteiger charge is -2.29. The molecule has 0 spiro atoms. The third kappa shape index (κ3) is 3.75. The van der Waals surface area contributed by atoms with E-state index in [-0.39, 0.29) is 28.6 Å². The average Bonchev–Trinajstić information content (AvgIpc) is 3.51. The van der Waals surface area contributed by atoms with Crippen LogP contribution in [0.1, 0.15) is 40.2 Å². The Bertz CT molecular complexity index is 1180. The molecule has 2 fully saturated rings. The first-order valence-electron chi connectivity index (χ1n) is 10.6. The summed E-state index contributed by atoms with van der Waals surface area (Å²) in [5.74, 6) is -0.901. The molecule has 0 bridgehead atoms. The van der Waals surface area contributed by atoms with Gasteiger partial charge in [0.05, 0.1) is 18.0 Å². The maximum Gasteiger partial charge on any atom is 0.341 e. The second-order valence-electron chi connectivity index (χ2n) is 8.41. The van der Waals surface area contributed by atoms with Crippen molar-refractivity contribution in [3.05, 3.63) is 58.9 Å². The normalized spacial score (nSPS) is 21.6. The predicted octanol–water partition coefficient (Wildman–Crippen LogP) is 3.40. The van der Waals surface area contributed by atoms with Crippen LogP contribution >= 0.6 is 0 Å².